The minimum Gasteiger partial charge on any atom is -0.391 e. The van der Waals surface area contributed by atoms with Gasteiger partial charge in [-0.05, 0) is 25.5 Å². The van der Waals surface area contributed by atoms with Crippen LogP contribution in [-0.4, -0.2) is 29.2 Å². The molecule has 0 spiro atoms. The highest BCUT2D eigenvalue weighted by molar-refractivity contribution is 5.21. The number of aliphatic hydroxyl groups excluding tert-OH is 1. The SMILES string of the molecule is CCC[C@H]1[C@@H](O)C[C@@H](c2ccccc2)N1C. The van der Waals surface area contributed by atoms with Gasteiger partial charge in [0.05, 0.1) is 6.10 Å². The first-order valence-electron chi connectivity index (χ1n) is 6.19. The van der Waals surface area contributed by atoms with Gasteiger partial charge in [0, 0.05) is 12.1 Å². The lowest BCUT2D eigenvalue weighted by atomic mass is 10.0. The number of benzene rings is 1. The predicted molar refractivity (Wildman–Crippen MR) is 66.3 cm³/mol. The fraction of sp³-hybridized carbons (Fsp3) is 0.571. The molecule has 1 aliphatic rings. The van der Waals surface area contributed by atoms with Crippen LogP contribution in [0.1, 0.15) is 37.8 Å². The zero-order valence-corrected chi connectivity index (χ0v) is 10.1. The number of aliphatic hydroxyl groups is 1. The molecule has 0 aromatic heterocycles. The average Bonchev–Trinajstić information content (AvgIpc) is 2.59. The Balaban J connectivity index is 2.14. The Morgan fingerprint density at radius 1 is 1.31 bits per heavy atom. The second kappa shape index (κ2) is 4.98. The lowest BCUT2D eigenvalue weighted by Crippen LogP contribution is -2.32. The second-order valence-corrected chi connectivity index (χ2v) is 4.75. The summed E-state index contributed by atoms with van der Waals surface area (Å²) >= 11 is 0. The number of hydrogen-bond acceptors (Lipinski definition) is 2. The van der Waals surface area contributed by atoms with Crippen molar-refractivity contribution in [3.05, 3.63) is 35.9 Å². The first-order valence-corrected chi connectivity index (χ1v) is 6.19. The highest BCUT2D eigenvalue weighted by Gasteiger charge is 2.37. The van der Waals surface area contributed by atoms with E-state index in [9.17, 15) is 5.11 Å². The third-order valence-electron chi connectivity index (χ3n) is 3.69. The maximum absolute atomic E-state index is 10.1. The van der Waals surface area contributed by atoms with E-state index in [-0.39, 0.29) is 6.10 Å². The highest BCUT2D eigenvalue weighted by Crippen LogP contribution is 2.36. The zero-order valence-electron chi connectivity index (χ0n) is 10.1. The van der Waals surface area contributed by atoms with Crippen molar-refractivity contribution in [3.8, 4) is 0 Å². The molecule has 1 saturated heterocycles. The van der Waals surface area contributed by atoms with Gasteiger partial charge in [-0.2, -0.15) is 0 Å². The molecule has 1 aromatic carbocycles. The van der Waals surface area contributed by atoms with Crippen LogP contribution in [0.25, 0.3) is 0 Å². The summed E-state index contributed by atoms with van der Waals surface area (Å²) in [7, 11) is 2.13. The molecular weight excluding hydrogens is 198 g/mol. The summed E-state index contributed by atoms with van der Waals surface area (Å²) in [5.74, 6) is 0. The van der Waals surface area contributed by atoms with Crippen molar-refractivity contribution >= 4 is 0 Å². The Hall–Kier alpha value is -0.860. The van der Waals surface area contributed by atoms with Crippen molar-refractivity contribution in [1.82, 2.24) is 4.90 Å². The van der Waals surface area contributed by atoms with Crippen molar-refractivity contribution in [2.75, 3.05) is 7.05 Å². The van der Waals surface area contributed by atoms with E-state index in [0.717, 1.165) is 19.3 Å². The Morgan fingerprint density at radius 3 is 2.62 bits per heavy atom. The van der Waals surface area contributed by atoms with E-state index in [1.54, 1.807) is 0 Å². The van der Waals surface area contributed by atoms with E-state index in [0.29, 0.717) is 12.1 Å². The fourth-order valence-electron chi connectivity index (χ4n) is 2.79. The largest absolute Gasteiger partial charge is 0.391 e. The van der Waals surface area contributed by atoms with Crippen molar-refractivity contribution < 1.29 is 5.11 Å². The number of likely N-dealkylation sites (N-methyl/N-ethyl adjacent to an activating group) is 1. The van der Waals surface area contributed by atoms with Gasteiger partial charge >= 0.3 is 0 Å². The van der Waals surface area contributed by atoms with Crippen molar-refractivity contribution in [2.45, 2.75) is 44.4 Å². The summed E-state index contributed by atoms with van der Waals surface area (Å²) in [6.45, 7) is 2.18. The maximum atomic E-state index is 10.1. The van der Waals surface area contributed by atoms with Gasteiger partial charge in [0.15, 0.2) is 0 Å². The Kier molecular flexibility index (Phi) is 3.62. The smallest absolute Gasteiger partial charge is 0.0713 e. The molecule has 16 heavy (non-hydrogen) atoms. The highest BCUT2D eigenvalue weighted by atomic mass is 16.3. The van der Waals surface area contributed by atoms with Gasteiger partial charge in [-0.1, -0.05) is 43.7 Å². The molecule has 2 nitrogen and oxygen atoms in total. The van der Waals surface area contributed by atoms with Crippen LogP contribution in [0, 0.1) is 0 Å². The molecule has 88 valence electrons. The van der Waals surface area contributed by atoms with Crippen LogP contribution in [0.4, 0.5) is 0 Å². The molecule has 0 aliphatic carbocycles. The summed E-state index contributed by atoms with van der Waals surface area (Å²) < 4.78 is 0. The third-order valence-corrected chi connectivity index (χ3v) is 3.69. The molecule has 1 N–H and O–H groups in total. The summed E-state index contributed by atoms with van der Waals surface area (Å²) in [5.41, 5.74) is 1.32. The van der Waals surface area contributed by atoms with Crippen LogP contribution in [0.5, 0.6) is 0 Å². The minimum atomic E-state index is -0.171. The molecule has 0 amide bonds. The lowest BCUT2D eigenvalue weighted by Gasteiger charge is -2.26. The van der Waals surface area contributed by atoms with E-state index in [2.05, 4.69) is 43.1 Å². The van der Waals surface area contributed by atoms with Crippen LogP contribution >= 0.6 is 0 Å². The standard InChI is InChI=1S/C14H21NO/c1-3-7-12-14(16)10-13(15(12)2)11-8-5-4-6-9-11/h4-6,8-9,12-14,16H,3,7,10H2,1-2H3/t12-,13-,14-/m0/s1. The minimum absolute atomic E-state index is 0.171. The number of nitrogens with zero attached hydrogens (tertiary/aromatic N) is 1. The van der Waals surface area contributed by atoms with Crippen LogP contribution in [0.2, 0.25) is 0 Å². The molecule has 1 heterocycles. The van der Waals surface area contributed by atoms with E-state index in [4.69, 9.17) is 0 Å². The van der Waals surface area contributed by atoms with Crippen molar-refractivity contribution in [2.24, 2.45) is 0 Å². The normalized spacial score (nSPS) is 30.8. The van der Waals surface area contributed by atoms with E-state index in [1.165, 1.54) is 5.56 Å². The molecule has 2 rings (SSSR count). The number of rotatable bonds is 3. The Bertz CT molecular complexity index is 325. The molecule has 1 aliphatic heterocycles. The lowest BCUT2D eigenvalue weighted by molar-refractivity contribution is 0.117. The van der Waals surface area contributed by atoms with Gasteiger partial charge in [0.1, 0.15) is 0 Å². The zero-order chi connectivity index (χ0) is 11.5. The predicted octanol–water partition coefficient (Wildman–Crippen LogP) is 2.59. The third kappa shape index (κ3) is 2.13. The maximum Gasteiger partial charge on any atom is 0.0713 e. The average molecular weight is 219 g/mol. The van der Waals surface area contributed by atoms with Crippen LogP contribution < -0.4 is 0 Å². The molecule has 1 fully saturated rings. The van der Waals surface area contributed by atoms with E-state index in [1.807, 2.05) is 6.07 Å². The van der Waals surface area contributed by atoms with E-state index >= 15 is 0 Å². The molecule has 0 bridgehead atoms. The fourth-order valence-corrected chi connectivity index (χ4v) is 2.79. The number of hydrogen-bond donors (Lipinski definition) is 1. The monoisotopic (exact) mass is 219 g/mol. The van der Waals surface area contributed by atoms with Crippen molar-refractivity contribution in [3.63, 3.8) is 0 Å². The van der Waals surface area contributed by atoms with Crippen molar-refractivity contribution in [1.29, 1.82) is 0 Å². The molecular formula is C14H21NO. The van der Waals surface area contributed by atoms with Gasteiger partial charge < -0.3 is 5.11 Å². The van der Waals surface area contributed by atoms with Gasteiger partial charge in [-0.15, -0.1) is 0 Å². The van der Waals surface area contributed by atoms with Gasteiger partial charge in [-0.25, -0.2) is 0 Å². The molecule has 0 unspecified atom stereocenters. The summed E-state index contributed by atoms with van der Waals surface area (Å²) in [6, 6.07) is 11.2. The summed E-state index contributed by atoms with van der Waals surface area (Å²) in [5, 5.41) is 10.1. The molecule has 3 atom stereocenters. The van der Waals surface area contributed by atoms with Crippen LogP contribution in [0.15, 0.2) is 30.3 Å². The van der Waals surface area contributed by atoms with Crippen LogP contribution in [-0.2, 0) is 0 Å². The molecule has 1 aromatic rings. The second-order valence-electron chi connectivity index (χ2n) is 4.75. The Morgan fingerprint density at radius 2 is 2.00 bits per heavy atom. The van der Waals surface area contributed by atoms with Gasteiger partial charge in [0.2, 0.25) is 0 Å². The van der Waals surface area contributed by atoms with Gasteiger partial charge in [0.25, 0.3) is 0 Å². The number of likely N-dealkylation sites (tertiary alicyclic amines) is 1. The molecule has 2 heteroatoms. The molecule has 0 saturated carbocycles. The Labute approximate surface area is 97.9 Å². The molecule has 0 radical (unpaired) electrons. The van der Waals surface area contributed by atoms with E-state index < -0.39 is 0 Å². The first-order chi connectivity index (χ1) is 7.74. The quantitative estimate of drug-likeness (QED) is 0.844. The van der Waals surface area contributed by atoms with Gasteiger partial charge in [-0.3, -0.25) is 4.90 Å². The van der Waals surface area contributed by atoms with Crippen LogP contribution in [0.3, 0.4) is 0 Å². The summed E-state index contributed by atoms with van der Waals surface area (Å²) in [4.78, 5) is 2.34. The first kappa shape index (κ1) is 11.6. The summed E-state index contributed by atoms with van der Waals surface area (Å²) in [6.07, 6.45) is 2.91. The topological polar surface area (TPSA) is 23.5 Å².